The average Bonchev–Trinajstić information content (AvgIpc) is 2.84. The topological polar surface area (TPSA) is 103 Å². The van der Waals surface area contributed by atoms with Gasteiger partial charge in [-0.2, -0.15) is 0 Å². The number of amides is 2. The van der Waals surface area contributed by atoms with E-state index in [-0.39, 0.29) is 18.4 Å². The van der Waals surface area contributed by atoms with Crippen LogP contribution in [0, 0.1) is 0 Å². The SMILES string of the molecule is O=C(CNC(=O)c1ccccc1)Nc1cnc(N2CCN(c3ccccn3)CC2)nc1. The van der Waals surface area contributed by atoms with Crippen molar-refractivity contribution in [2.24, 2.45) is 0 Å². The van der Waals surface area contributed by atoms with Crippen LogP contribution in [0.2, 0.25) is 0 Å². The summed E-state index contributed by atoms with van der Waals surface area (Å²) in [7, 11) is 0. The van der Waals surface area contributed by atoms with E-state index in [1.165, 1.54) is 0 Å². The van der Waals surface area contributed by atoms with E-state index in [0.717, 1.165) is 32.0 Å². The number of carbonyl (C=O) groups excluding carboxylic acids is 2. The number of anilines is 3. The van der Waals surface area contributed by atoms with E-state index < -0.39 is 0 Å². The molecule has 0 radical (unpaired) electrons. The van der Waals surface area contributed by atoms with Gasteiger partial charge >= 0.3 is 0 Å². The van der Waals surface area contributed by atoms with Gasteiger partial charge in [-0.05, 0) is 24.3 Å². The molecule has 0 spiro atoms. The van der Waals surface area contributed by atoms with Crippen molar-refractivity contribution in [2.45, 2.75) is 0 Å². The normalized spacial score (nSPS) is 13.5. The summed E-state index contributed by atoms with van der Waals surface area (Å²) in [6.07, 6.45) is 4.94. The number of benzene rings is 1. The lowest BCUT2D eigenvalue weighted by Crippen LogP contribution is -2.47. The molecular weight excluding hydrogens is 394 g/mol. The number of nitrogens with one attached hydrogen (secondary N) is 2. The molecule has 1 aliphatic heterocycles. The highest BCUT2D eigenvalue weighted by atomic mass is 16.2. The van der Waals surface area contributed by atoms with Crippen molar-refractivity contribution >= 4 is 29.3 Å². The fourth-order valence-corrected chi connectivity index (χ4v) is 3.28. The first kappa shape index (κ1) is 20.3. The summed E-state index contributed by atoms with van der Waals surface area (Å²) in [5.41, 5.74) is 0.987. The fourth-order valence-electron chi connectivity index (χ4n) is 3.28. The second-order valence-corrected chi connectivity index (χ2v) is 7.03. The van der Waals surface area contributed by atoms with Gasteiger partial charge in [-0.15, -0.1) is 0 Å². The van der Waals surface area contributed by atoms with E-state index in [4.69, 9.17) is 0 Å². The predicted octanol–water partition coefficient (Wildman–Crippen LogP) is 1.57. The number of hydrogen-bond acceptors (Lipinski definition) is 7. The first-order valence-corrected chi connectivity index (χ1v) is 10.0. The molecule has 0 saturated carbocycles. The van der Waals surface area contributed by atoms with Crippen LogP contribution in [0.25, 0.3) is 0 Å². The number of hydrogen-bond donors (Lipinski definition) is 2. The van der Waals surface area contributed by atoms with Gasteiger partial charge in [-0.3, -0.25) is 9.59 Å². The second-order valence-electron chi connectivity index (χ2n) is 7.03. The highest BCUT2D eigenvalue weighted by Crippen LogP contribution is 2.16. The minimum absolute atomic E-state index is 0.134. The third kappa shape index (κ3) is 5.33. The van der Waals surface area contributed by atoms with Crippen molar-refractivity contribution in [3.8, 4) is 0 Å². The van der Waals surface area contributed by atoms with E-state index in [2.05, 4.69) is 35.4 Å². The smallest absolute Gasteiger partial charge is 0.251 e. The molecule has 4 rings (SSSR count). The third-order valence-electron chi connectivity index (χ3n) is 4.90. The van der Waals surface area contributed by atoms with Crippen LogP contribution in [-0.2, 0) is 4.79 Å². The van der Waals surface area contributed by atoms with E-state index in [1.807, 2.05) is 24.3 Å². The Morgan fingerprint density at radius 3 is 2.19 bits per heavy atom. The molecule has 3 aromatic rings. The molecule has 1 aliphatic rings. The van der Waals surface area contributed by atoms with Crippen LogP contribution in [0.4, 0.5) is 17.5 Å². The second kappa shape index (κ2) is 9.66. The number of carbonyl (C=O) groups is 2. The summed E-state index contributed by atoms with van der Waals surface area (Å²) >= 11 is 0. The van der Waals surface area contributed by atoms with Gasteiger partial charge in [0, 0.05) is 37.9 Å². The number of rotatable bonds is 6. The molecule has 2 N–H and O–H groups in total. The molecule has 9 heteroatoms. The lowest BCUT2D eigenvalue weighted by Gasteiger charge is -2.35. The van der Waals surface area contributed by atoms with E-state index >= 15 is 0 Å². The maximum atomic E-state index is 12.1. The van der Waals surface area contributed by atoms with Gasteiger partial charge in [-0.1, -0.05) is 24.3 Å². The lowest BCUT2D eigenvalue weighted by atomic mass is 10.2. The van der Waals surface area contributed by atoms with Crippen LogP contribution < -0.4 is 20.4 Å². The van der Waals surface area contributed by atoms with Crippen LogP contribution in [0.15, 0.2) is 67.1 Å². The quantitative estimate of drug-likeness (QED) is 0.627. The number of piperazine rings is 1. The zero-order chi connectivity index (χ0) is 21.5. The summed E-state index contributed by atoms with van der Waals surface area (Å²) in [6, 6.07) is 14.6. The lowest BCUT2D eigenvalue weighted by molar-refractivity contribution is -0.115. The Labute approximate surface area is 180 Å². The molecule has 158 valence electrons. The zero-order valence-electron chi connectivity index (χ0n) is 16.9. The Bertz CT molecular complexity index is 1010. The predicted molar refractivity (Wildman–Crippen MR) is 118 cm³/mol. The van der Waals surface area contributed by atoms with Crippen molar-refractivity contribution in [1.29, 1.82) is 0 Å². The van der Waals surface area contributed by atoms with E-state index in [9.17, 15) is 9.59 Å². The average molecular weight is 417 g/mol. The molecule has 0 unspecified atom stereocenters. The summed E-state index contributed by atoms with van der Waals surface area (Å²) in [5, 5.41) is 5.28. The van der Waals surface area contributed by atoms with E-state index in [1.54, 1.807) is 42.9 Å². The molecule has 1 saturated heterocycles. The molecule has 3 heterocycles. The minimum atomic E-state index is -0.343. The molecule has 0 atom stereocenters. The Hall–Kier alpha value is -4.01. The molecule has 0 aliphatic carbocycles. The van der Waals surface area contributed by atoms with Crippen LogP contribution in [-0.4, -0.2) is 59.5 Å². The first-order chi connectivity index (χ1) is 15.2. The van der Waals surface area contributed by atoms with Gasteiger partial charge in [0.25, 0.3) is 5.91 Å². The van der Waals surface area contributed by atoms with E-state index in [0.29, 0.717) is 17.2 Å². The van der Waals surface area contributed by atoms with Gasteiger partial charge in [0.05, 0.1) is 24.6 Å². The highest BCUT2D eigenvalue weighted by Gasteiger charge is 2.19. The van der Waals surface area contributed by atoms with Gasteiger partial charge in [0.2, 0.25) is 11.9 Å². The molecule has 2 aromatic heterocycles. The van der Waals surface area contributed by atoms with Crippen LogP contribution >= 0.6 is 0 Å². The fraction of sp³-hybridized carbons (Fsp3) is 0.227. The van der Waals surface area contributed by atoms with Crippen molar-refractivity contribution < 1.29 is 9.59 Å². The highest BCUT2D eigenvalue weighted by molar-refractivity contribution is 5.99. The molecule has 0 bridgehead atoms. The third-order valence-corrected chi connectivity index (χ3v) is 4.90. The van der Waals surface area contributed by atoms with Crippen LogP contribution in [0.1, 0.15) is 10.4 Å². The summed E-state index contributed by atoms with van der Waals surface area (Å²) in [4.78, 5) is 41.6. The standard InChI is InChI=1S/C22H23N7O2/c30-20(16-24-21(31)17-6-2-1-3-7-17)27-18-14-25-22(26-15-18)29-12-10-28(11-13-29)19-8-4-5-9-23-19/h1-9,14-15H,10-13,16H2,(H,24,31)(H,27,30). The van der Waals surface area contributed by atoms with Crippen LogP contribution in [0.3, 0.4) is 0 Å². The maximum absolute atomic E-state index is 12.1. The molecule has 1 fully saturated rings. The Morgan fingerprint density at radius 2 is 1.52 bits per heavy atom. The zero-order valence-corrected chi connectivity index (χ0v) is 16.9. The van der Waals surface area contributed by atoms with Crippen molar-refractivity contribution in [3.05, 3.63) is 72.7 Å². The van der Waals surface area contributed by atoms with Gasteiger partial charge in [0.1, 0.15) is 5.82 Å². The molecule has 9 nitrogen and oxygen atoms in total. The molecule has 31 heavy (non-hydrogen) atoms. The summed E-state index contributed by atoms with van der Waals surface area (Å²) < 4.78 is 0. The van der Waals surface area contributed by atoms with Crippen molar-refractivity contribution in [1.82, 2.24) is 20.3 Å². The van der Waals surface area contributed by atoms with Gasteiger partial charge in [-0.25, -0.2) is 15.0 Å². The summed E-state index contributed by atoms with van der Waals surface area (Å²) in [6.45, 7) is 3.10. The monoisotopic (exact) mass is 417 g/mol. The van der Waals surface area contributed by atoms with Gasteiger partial charge in [0.15, 0.2) is 0 Å². The Kier molecular flexibility index (Phi) is 6.32. The van der Waals surface area contributed by atoms with Gasteiger partial charge < -0.3 is 20.4 Å². The number of nitrogens with zero attached hydrogens (tertiary/aromatic N) is 5. The molecule has 1 aromatic carbocycles. The Morgan fingerprint density at radius 1 is 0.839 bits per heavy atom. The largest absolute Gasteiger partial charge is 0.353 e. The van der Waals surface area contributed by atoms with Crippen LogP contribution in [0.5, 0.6) is 0 Å². The first-order valence-electron chi connectivity index (χ1n) is 10.0. The number of aromatic nitrogens is 3. The minimum Gasteiger partial charge on any atom is -0.353 e. The molecular formula is C22H23N7O2. The molecule has 2 amide bonds. The van der Waals surface area contributed by atoms with Crippen molar-refractivity contribution in [2.75, 3.05) is 47.8 Å². The summed E-state index contributed by atoms with van der Waals surface area (Å²) in [5.74, 6) is 0.952. The maximum Gasteiger partial charge on any atom is 0.251 e. The number of pyridine rings is 1. The Balaban J connectivity index is 1.25. The van der Waals surface area contributed by atoms with Crippen molar-refractivity contribution in [3.63, 3.8) is 0 Å².